The predicted molar refractivity (Wildman–Crippen MR) is 74.0 cm³/mol. The van der Waals surface area contributed by atoms with Gasteiger partial charge in [0, 0.05) is 5.92 Å². The molecule has 0 saturated heterocycles. The first kappa shape index (κ1) is 16.7. The molecule has 0 aromatic heterocycles. The first-order valence-corrected chi connectivity index (χ1v) is 6.68. The Morgan fingerprint density at radius 1 is 1.55 bits per heavy atom. The zero-order valence-electron chi connectivity index (χ0n) is 11.6. The summed E-state index contributed by atoms with van der Waals surface area (Å²) in [5, 5.41) is -0.871. The predicted octanol–water partition coefficient (Wildman–Crippen LogP) is 4.12. The molecule has 1 saturated carbocycles. The number of allylic oxidation sites excluding steroid dienone is 2. The Balaban J connectivity index is 2.76. The summed E-state index contributed by atoms with van der Waals surface area (Å²) in [4.78, 5) is 12.0. The molecule has 0 aromatic rings. The van der Waals surface area contributed by atoms with Crippen LogP contribution >= 0.6 is 11.6 Å². The fraction of sp³-hybridized carbons (Fsp3) is 0.533. The maximum atomic E-state index is 13.6. The van der Waals surface area contributed by atoms with Crippen LogP contribution in [0.4, 0.5) is 8.78 Å². The molecule has 1 aliphatic carbocycles. The van der Waals surface area contributed by atoms with Gasteiger partial charge in [-0.3, -0.25) is 4.79 Å². The summed E-state index contributed by atoms with van der Waals surface area (Å²) in [5.41, 5.74) is -0.479. The van der Waals surface area contributed by atoms with Crippen molar-refractivity contribution in [2.75, 3.05) is 0 Å². The second kappa shape index (κ2) is 6.41. The van der Waals surface area contributed by atoms with E-state index in [1.54, 1.807) is 20.8 Å². The van der Waals surface area contributed by atoms with Gasteiger partial charge in [0.1, 0.15) is 5.83 Å². The van der Waals surface area contributed by atoms with Crippen LogP contribution in [0.2, 0.25) is 0 Å². The van der Waals surface area contributed by atoms with Crippen molar-refractivity contribution >= 4 is 17.6 Å². The molecule has 2 nitrogen and oxygen atoms in total. The van der Waals surface area contributed by atoms with Gasteiger partial charge in [-0.05, 0) is 24.0 Å². The quantitative estimate of drug-likeness (QED) is 0.564. The van der Waals surface area contributed by atoms with Gasteiger partial charge in [-0.25, -0.2) is 4.39 Å². The summed E-state index contributed by atoms with van der Waals surface area (Å²) >= 11 is 5.18. The lowest BCUT2D eigenvalue weighted by atomic mass is 10.1. The average molecular weight is 303 g/mol. The van der Waals surface area contributed by atoms with Crippen LogP contribution in [0.3, 0.4) is 0 Å². The molecule has 0 radical (unpaired) electrons. The van der Waals surface area contributed by atoms with Gasteiger partial charge in [0.05, 0.1) is 5.92 Å². The van der Waals surface area contributed by atoms with Gasteiger partial charge >= 0.3 is 5.97 Å². The van der Waals surface area contributed by atoms with Gasteiger partial charge in [-0.2, -0.15) is 4.39 Å². The normalized spacial score (nSPS) is 26.6. The van der Waals surface area contributed by atoms with Crippen LogP contribution in [0.15, 0.2) is 23.3 Å². The molecule has 3 atom stereocenters. The van der Waals surface area contributed by atoms with E-state index in [1.807, 2.05) is 0 Å². The van der Waals surface area contributed by atoms with Crippen molar-refractivity contribution in [2.24, 2.45) is 17.3 Å². The molecular formula is C15H17ClF2O2. The highest BCUT2D eigenvalue weighted by Crippen LogP contribution is 2.60. The van der Waals surface area contributed by atoms with Crippen LogP contribution < -0.4 is 0 Å². The Labute approximate surface area is 122 Å². The molecule has 0 aromatic carbocycles. The van der Waals surface area contributed by atoms with Crippen molar-refractivity contribution in [3.05, 3.63) is 23.3 Å². The van der Waals surface area contributed by atoms with E-state index in [4.69, 9.17) is 22.8 Å². The highest BCUT2D eigenvalue weighted by molar-refractivity contribution is 6.28. The Hall–Kier alpha value is -1.34. The fourth-order valence-electron chi connectivity index (χ4n) is 2.24. The van der Waals surface area contributed by atoms with E-state index in [0.29, 0.717) is 6.42 Å². The van der Waals surface area contributed by atoms with Gasteiger partial charge in [0.15, 0.2) is 5.29 Å². The first-order chi connectivity index (χ1) is 9.25. The third-order valence-electron chi connectivity index (χ3n) is 3.51. The number of carbonyl (C=O) groups excluding carboxylic acids is 1. The van der Waals surface area contributed by atoms with Crippen molar-refractivity contribution in [2.45, 2.75) is 33.3 Å². The zero-order chi connectivity index (χ0) is 15.5. The molecule has 20 heavy (non-hydrogen) atoms. The largest absolute Gasteiger partial charge is 0.441 e. The first-order valence-electron chi connectivity index (χ1n) is 6.30. The van der Waals surface area contributed by atoms with Crippen molar-refractivity contribution in [1.29, 1.82) is 0 Å². The minimum atomic E-state index is -1.33. The number of esters is 1. The van der Waals surface area contributed by atoms with Gasteiger partial charge in [-0.15, -0.1) is 6.42 Å². The Morgan fingerprint density at radius 2 is 2.15 bits per heavy atom. The van der Waals surface area contributed by atoms with Crippen LogP contribution in [-0.4, -0.2) is 12.1 Å². The standard InChI is InChI=1S/C15H17ClF2O2/c1-5-7-10(17)11(6-2)20-14(19)13-9(8-12(16)18)15(13,3)4/h2,7-9,11,13H,5H2,1,3-4H3. The van der Waals surface area contributed by atoms with E-state index in [2.05, 4.69) is 5.92 Å². The van der Waals surface area contributed by atoms with E-state index < -0.39 is 34.5 Å². The number of rotatable bonds is 5. The lowest BCUT2D eigenvalue weighted by Gasteiger charge is -2.11. The van der Waals surface area contributed by atoms with Crippen molar-refractivity contribution in [3.63, 3.8) is 0 Å². The summed E-state index contributed by atoms with van der Waals surface area (Å²) in [6.45, 7) is 5.30. The van der Waals surface area contributed by atoms with Crippen LogP contribution in [0.1, 0.15) is 27.2 Å². The monoisotopic (exact) mass is 302 g/mol. The summed E-state index contributed by atoms with van der Waals surface area (Å²) < 4.78 is 31.2. The van der Waals surface area contributed by atoms with Gasteiger partial charge < -0.3 is 4.74 Å². The number of halogens is 3. The summed E-state index contributed by atoms with van der Waals surface area (Å²) in [7, 11) is 0. The lowest BCUT2D eigenvalue weighted by Crippen LogP contribution is -2.20. The van der Waals surface area contributed by atoms with Gasteiger partial charge in [0.2, 0.25) is 6.10 Å². The molecule has 0 aliphatic heterocycles. The van der Waals surface area contributed by atoms with Crippen LogP contribution in [0, 0.1) is 29.6 Å². The molecular weight excluding hydrogens is 286 g/mol. The third-order valence-corrected chi connectivity index (χ3v) is 3.63. The van der Waals surface area contributed by atoms with Gasteiger partial charge in [-0.1, -0.05) is 38.3 Å². The minimum Gasteiger partial charge on any atom is -0.441 e. The fourth-order valence-corrected chi connectivity index (χ4v) is 2.37. The molecule has 3 unspecified atom stereocenters. The molecule has 110 valence electrons. The summed E-state index contributed by atoms with van der Waals surface area (Å²) in [6, 6.07) is 0. The Morgan fingerprint density at radius 3 is 2.60 bits per heavy atom. The van der Waals surface area contributed by atoms with Crippen LogP contribution in [-0.2, 0) is 9.53 Å². The highest BCUT2D eigenvalue weighted by Gasteiger charge is 2.62. The van der Waals surface area contributed by atoms with Crippen LogP contribution in [0.25, 0.3) is 0 Å². The van der Waals surface area contributed by atoms with E-state index in [1.165, 1.54) is 6.08 Å². The zero-order valence-corrected chi connectivity index (χ0v) is 12.4. The van der Waals surface area contributed by atoms with E-state index in [-0.39, 0.29) is 5.92 Å². The number of terminal acetylenes is 1. The van der Waals surface area contributed by atoms with E-state index in [0.717, 1.165) is 6.08 Å². The summed E-state index contributed by atoms with van der Waals surface area (Å²) in [6.07, 6.45) is 6.69. The molecule has 0 bridgehead atoms. The van der Waals surface area contributed by atoms with Crippen molar-refractivity contribution in [1.82, 2.24) is 0 Å². The Kier molecular flexibility index (Phi) is 5.35. The van der Waals surface area contributed by atoms with E-state index in [9.17, 15) is 13.6 Å². The van der Waals surface area contributed by atoms with E-state index >= 15 is 0 Å². The molecule has 1 rings (SSSR count). The number of hydrogen-bond donors (Lipinski definition) is 0. The number of ether oxygens (including phenoxy) is 1. The third kappa shape index (κ3) is 3.61. The maximum Gasteiger partial charge on any atom is 0.311 e. The molecule has 1 fully saturated rings. The highest BCUT2D eigenvalue weighted by atomic mass is 35.5. The molecule has 0 N–H and O–H groups in total. The average Bonchev–Trinajstić information content (AvgIpc) is 2.86. The number of carbonyl (C=O) groups is 1. The molecule has 0 spiro atoms. The van der Waals surface area contributed by atoms with Crippen LogP contribution in [0.5, 0.6) is 0 Å². The van der Waals surface area contributed by atoms with Gasteiger partial charge in [0.25, 0.3) is 0 Å². The second-order valence-corrected chi connectivity index (χ2v) is 5.62. The molecule has 1 aliphatic rings. The van der Waals surface area contributed by atoms with Crippen molar-refractivity contribution < 1.29 is 18.3 Å². The SMILES string of the molecule is C#CC(OC(=O)C1C(C=C(F)Cl)C1(C)C)C(F)=CCC. The number of hydrogen-bond acceptors (Lipinski definition) is 2. The topological polar surface area (TPSA) is 26.3 Å². The smallest absolute Gasteiger partial charge is 0.311 e. The summed E-state index contributed by atoms with van der Waals surface area (Å²) in [5.74, 6) is -0.173. The Bertz CT molecular complexity index is 485. The molecule has 0 amide bonds. The van der Waals surface area contributed by atoms with Crippen molar-refractivity contribution in [3.8, 4) is 12.3 Å². The molecule has 5 heteroatoms. The maximum absolute atomic E-state index is 13.6. The minimum absolute atomic E-state index is 0.371. The molecule has 0 heterocycles. The lowest BCUT2D eigenvalue weighted by molar-refractivity contribution is -0.148. The second-order valence-electron chi connectivity index (χ2n) is 5.26.